The van der Waals surface area contributed by atoms with Crippen molar-refractivity contribution in [3.8, 4) is 11.3 Å². The van der Waals surface area contributed by atoms with Crippen molar-refractivity contribution in [3.63, 3.8) is 0 Å². The number of rotatable bonds is 6. The first-order valence-electron chi connectivity index (χ1n) is 11.1. The minimum Gasteiger partial charge on any atom is -0.478 e. The number of H-pyrrole nitrogens is 1. The number of ether oxygens (including phenoxy) is 1. The minimum absolute atomic E-state index is 0.00425. The summed E-state index contributed by atoms with van der Waals surface area (Å²) >= 11 is 0. The van der Waals surface area contributed by atoms with E-state index in [2.05, 4.69) is 14.6 Å². The van der Waals surface area contributed by atoms with Crippen molar-refractivity contribution in [1.29, 1.82) is 0 Å². The second kappa shape index (κ2) is 9.26. The maximum atomic E-state index is 12.7. The second-order valence-electron chi connectivity index (χ2n) is 8.49. The topological polar surface area (TPSA) is 122 Å². The molecule has 36 heavy (non-hydrogen) atoms. The van der Waals surface area contributed by atoms with Crippen LogP contribution in [0.3, 0.4) is 0 Å². The molecule has 0 amide bonds. The van der Waals surface area contributed by atoms with Gasteiger partial charge in [-0.2, -0.15) is 13.2 Å². The molecule has 2 N–H and O–H groups in total. The van der Waals surface area contributed by atoms with E-state index in [1.54, 1.807) is 19.1 Å². The quantitative estimate of drug-likeness (QED) is 0.390. The van der Waals surface area contributed by atoms with E-state index in [0.717, 1.165) is 42.7 Å². The summed E-state index contributed by atoms with van der Waals surface area (Å²) in [7, 11) is 1.93. The van der Waals surface area contributed by atoms with Crippen LogP contribution in [0.1, 0.15) is 45.3 Å². The number of aromatic carboxylic acids is 1. The highest BCUT2D eigenvalue weighted by Gasteiger charge is 2.43. The molecule has 0 unspecified atom stereocenters. The van der Waals surface area contributed by atoms with Gasteiger partial charge in [0.2, 0.25) is 0 Å². The molecule has 0 aliphatic carbocycles. The fourth-order valence-corrected chi connectivity index (χ4v) is 4.35. The molecule has 190 valence electrons. The molecule has 12 heteroatoms. The lowest BCUT2D eigenvalue weighted by Crippen LogP contribution is -2.36. The zero-order valence-corrected chi connectivity index (χ0v) is 19.4. The molecule has 2 aromatic heterocycles. The maximum Gasteiger partial charge on any atom is 0.491 e. The van der Waals surface area contributed by atoms with Gasteiger partial charge in [-0.05, 0) is 55.3 Å². The highest BCUT2D eigenvalue weighted by molar-refractivity contribution is 6.07. The number of carbonyl (C=O) groups is 3. The number of esters is 2. The predicted octanol–water partition coefficient (Wildman–Crippen LogP) is 3.25. The lowest BCUT2D eigenvalue weighted by molar-refractivity contribution is -0.193. The zero-order valence-electron chi connectivity index (χ0n) is 19.4. The van der Waals surface area contributed by atoms with Crippen LogP contribution in [0, 0.1) is 0 Å². The minimum atomic E-state index is -5.50. The van der Waals surface area contributed by atoms with Crippen molar-refractivity contribution < 1.29 is 37.4 Å². The molecule has 3 aromatic rings. The second-order valence-corrected chi connectivity index (χ2v) is 8.49. The van der Waals surface area contributed by atoms with Gasteiger partial charge in [-0.15, -0.1) is 0 Å². The molecule has 0 bridgehead atoms. The molecule has 9 nitrogen and oxygen atoms in total. The average Bonchev–Trinajstić information content (AvgIpc) is 3.09. The third-order valence-corrected chi connectivity index (χ3v) is 6.27. The molecular weight excluding hydrogens is 483 g/mol. The van der Waals surface area contributed by atoms with Crippen molar-refractivity contribution in [1.82, 2.24) is 14.5 Å². The molecule has 1 aliphatic rings. The fraction of sp³-hybridized carbons (Fsp3) is 0.333. The maximum absolute atomic E-state index is 12.7. The van der Waals surface area contributed by atoms with Gasteiger partial charge in [-0.1, -0.05) is 13.0 Å². The van der Waals surface area contributed by atoms with Gasteiger partial charge in [-0.3, -0.25) is 9.69 Å². The molecule has 1 saturated heterocycles. The van der Waals surface area contributed by atoms with Gasteiger partial charge < -0.3 is 19.4 Å². The molecular formula is C24H22F3N3O6. The Morgan fingerprint density at radius 3 is 2.39 bits per heavy atom. The van der Waals surface area contributed by atoms with Gasteiger partial charge >= 0.3 is 24.1 Å². The standard InChI is InChI=1S/C24H22F3N3O6/c1-3-15-17(21(32)33)18(22(34)36-23(35)24(25,26)27)20(31)28-19(15)12-5-6-16-13(9-12)10-14(29(16)2)11-30-7-4-8-30/h5-6,9-10H,3-4,7-8,11H2,1-2H3,(H,28,31)(H,32,33). The predicted molar refractivity (Wildman–Crippen MR) is 122 cm³/mol. The average molecular weight is 505 g/mol. The number of nitrogens with one attached hydrogen (secondary N) is 1. The first-order chi connectivity index (χ1) is 16.9. The van der Waals surface area contributed by atoms with Crippen LogP contribution in [0.5, 0.6) is 0 Å². The van der Waals surface area contributed by atoms with E-state index in [-0.39, 0.29) is 17.7 Å². The van der Waals surface area contributed by atoms with Gasteiger partial charge in [0.25, 0.3) is 5.56 Å². The first-order valence-corrected chi connectivity index (χ1v) is 11.1. The smallest absolute Gasteiger partial charge is 0.478 e. The number of pyridine rings is 1. The first kappa shape index (κ1) is 25.2. The van der Waals surface area contributed by atoms with E-state index < -0.39 is 40.8 Å². The number of likely N-dealkylation sites (tertiary alicyclic amines) is 1. The molecule has 1 aromatic carbocycles. The van der Waals surface area contributed by atoms with Crippen molar-refractivity contribution in [2.75, 3.05) is 13.1 Å². The number of halogens is 3. The van der Waals surface area contributed by atoms with E-state index >= 15 is 0 Å². The van der Waals surface area contributed by atoms with Crippen molar-refractivity contribution in [2.24, 2.45) is 7.05 Å². The summed E-state index contributed by atoms with van der Waals surface area (Å²) in [6.45, 7) is 4.38. The Labute approximate surface area is 202 Å². The summed E-state index contributed by atoms with van der Waals surface area (Å²) in [6.07, 6.45) is -4.34. The van der Waals surface area contributed by atoms with E-state index in [4.69, 9.17) is 0 Å². The Bertz CT molecular complexity index is 1450. The lowest BCUT2D eigenvalue weighted by atomic mass is 9.95. The van der Waals surface area contributed by atoms with Gasteiger partial charge in [-0.25, -0.2) is 14.4 Å². The Morgan fingerprint density at radius 2 is 1.83 bits per heavy atom. The number of carbonyl (C=O) groups excluding carboxylic acids is 2. The van der Waals surface area contributed by atoms with Crippen LogP contribution in [-0.2, 0) is 29.5 Å². The van der Waals surface area contributed by atoms with Gasteiger partial charge in [0.1, 0.15) is 5.56 Å². The molecule has 4 rings (SSSR count). The van der Waals surface area contributed by atoms with Crippen molar-refractivity contribution in [2.45, 2.75) is 32.5 Å². The summed E-state index contributed by atoms with van der Waals surface area (Å²) in [5.74, 6) is -6.57. The Kier molecular flexibility index (Phi) is 6.48. The zero-order chi connectivity index (χ0) is 26.4. The van der Waals surface area contributed by atoms with Crippen LogP contribution in [0.25, 0.3) is 22.2 Å². The van der Waals surface area contributed by atoms with E-state index in [9.17, 15) is 37.5 Å². The monoisotopic (exact) mass is 505 g/mol. The van der Waals surface area contributed by atoms with Crippen LogP contribution in [0.2, 0.25) is 0 Å². The number of benzene rings is 1. The Morgan fingerprint density at radius 1 is 1.14 bits per heavy atom. The van der Waals surface area contributed by atoms with E-state index in [0.29, 0.717) is 5.56 Å². The number of aryl methyl sites for hydroxylation is 1. The summed E-state index contributed by atoms with van der Waals surface area (Å²) in [5.41, 5.74) is -0.736. The number of fused-ring (bicyclic) bond motifs is 1. The number of hydrogen-bond donors (Lipinski definition) is 2. The van der Waals surface area contributed by atoms with Crippen molar-refractivity contribution >= 4 is 28.8 Å². The largest absolute Gasteiger partial charge is 0.491 e. The van der Waals surface area contributed by atoms with Crippen LogP contribution >= 0.6 is 0 Å². The third kappa shape index (κ3) is 4.51. The molecule has 3 heterocycles. The number of carboxylic acid groups (broad SMARTS) is 1. The van der Waals surface area contributed by atoms with Crippen LogP contribution in [-0.4, -0.2) is 56.7 Å². The number of aromatic nitrogens is 2. The number of alkyl halides is 3. The third-order valence-electron chi connectivity index (χ3n) is 6.27. The van der Waals surface area contributed by atoms with Gasteiger partial charge in [0.15, 0.2) is 0 Å². The summed E-state index contributed by atoms with van der Waals surface area (Å²) in [5, 5.41) is 10.6. The highest BCUT2D eigenvalue weighted by Crippen LogP contribution is 2.30. The van der Waals surface area contributed by atoms with Crippen LogP contribution < -0.4 is 5.56 Å². The van der Waals surface area contributed by atoms with Crippen LogP contribution in [0.15, 0.2) is 29.1 Å². The molecule has 0 saturated carbocycles. The summed E-state index contributed by atoms with van der Waals surface area (Å²) in [4.78, 5) is 52.8. The SMILES string of the molecule is CCc1c(-c2ccc3c(c2)cc(CN2CCC2)n3C)[nH]c(=O)c(C(=O)OC(=O)C(F)(F)F)c1C(=O)O. The summed E-state index contributed by atoms with van der Waals surface area (Å²) < 4.78 is 43.4. The molecule has 1 fully saturated rings. The lowest BCUT2D eigenvalue weighted by Gasteiger charge is -2.30. The Balaban J connectivity index is 1.81. The van der Waals surface area contributed by atoms with Crippen LogP contribution in [0.4, 0.5) is 13.2 Å². The van der Waals surface area contributed by atoms with Gasteiger partial charge in [0.05, 0.1) is 11.3 Å². The number of aromatic amines is 1. The number of hydrogen-bond acceptors (Lipinski definition) is 6. The van der Waals surface area contributed by atoms with Crippen molar-refractivity contribution in [3.05, 3.63) is 57.0 Å². The highest BCUT2D eigenvalue weighted by atomic mass is 19.4. The summed E-state index contributed by atoms with van der Waals surface area (Å²) in [6, 6.07) is 7.24. The van der Waals surface area contributed by atoms with E-state index in [1.165, 1.54) is 0 Å². The normalized spacial score (nSPS) is 14.0. The van der Waals surface area contributed by atoms with Gasteiger partial charge in [0, 0.05) is 30.2 Å². The molecule has 0 atom stereocenters. The molecule has 0 spiro atoms. The Hall–Kier alpha value is -3.93. The number of nitrogens with zero attached hydrogens (tertiary/aromatic N) is 2. The fourth-order valence-electron chi connectivity index (χ4n) is 4.35. The van der Waals surface area contributed by atoms with E-state index in [1.807, 2.05) is 23.7 Å². The molecule has 1 aliphatic heterocycles. The number of carboxylic acids is 1. The molecule has 0 radical (unpaired) electrons.